The molecule has 0 fully saturated rings. The van der Waals surface area contributed by atoms with E-state index in [9.17, 15) is 4.39 Å². The van der Waals surface area contributed by atoms with Gasteiger partial charge in [-0.1, -0.05) is 32.4 Å². The Bertz CT molecular complexity index is 311. The van der Waals surface area contributed by atoms with Gasteiger partial charge in [0.2, 0.25) is 0 Å². The smallest absolute Gasteiger partial charge is 0.123 e. The fourth-order valence-electron chi connectivity index (χ4n) is 1.87. The lowest BCUT2D eigenvalue weighted by atomic mass is 10.0. The van der Waals surface area contributed by atoms with Crippen molar-refractivity contribution in [1.82, 2.24) is 5.32 Å². The molecule has 2 atom stereocenters. The Kier molecular flexibility index (Phi) is 5.47. The van der Waals surface area contributed by atoms with Crippen LogP contribution < -0.4 is 5.32 Å². The monoisotopic (exact) mass is 223 g/mol. The first-order valence-electron chi connectivity index (χ1n) is 6.12. The molecule has 1 aromatic rings. The molecule has 0 spiro atoms. The van der Waals surface area contributed by atoms with E-state index in [0.717, 1.165) is 12.1 Å². The Hall–Kier alpha value is -0.890. The van der Waals surface area contributed by atoms with Gasteiger partial charge in [-0.2, -0.15) is 0 Å². The molecular formula is C14H22FN. The van der Waals surface area contributed by atoms with Crippen molar-refractivity contribution in [2.24, 2.45) is 5.92 Å². The lowest BCUT2D eigenvalue weighted by Gasteiger charge is -2.17. The second-order valence-corrected chi connectivity index (χ2v) is 4.58. The number of halogens is 1. The molecule has 0 aromatic heterocycles. The summed E-state index contributed by atoms with van der Waals surface area (Å²) in [5.74, 6) is 0.522. The third-order valence-electron chi connectivity index (χ3n) is 2.90. The summed E-state index contributed by atoms with van der Waals surface area (Å²) in [6.07, 6.45) is 2.46. The number of rotatable bonds is 6. The molecular weight excluding hydrogens is 201 g/mol. The van der Waals surface area contributed by atoms with E-state index in [2.05, 4.69) is 26.1 Å². The summed E-state index contributed by atoms with van der Waals surface area (Å²) in [5.41, 5.74) is 1.02. The van der Waals surface area contributed by atoms with Crippen LogP contribution >= 0.6 is 0 Å². The summed E-state index contributed by atoms with van der Waals surface area (Å²) in [6, 6.07) is 7.02. The van der Waals surface area contributed by atoms with Crippen LogP contribution in [0.25, 0.3) is 0 Å². The number of benzene rings is 1. The zero-order chi connectivity index (χ0) is 12.0. The Labute approximate surface area is 98.1 Å². The summed E-state index contributed by atoms with van der Waals surface area (Å²) in [7, 11) is 0. The van der Waals surface area contributed by atoms with Gasteiger partial charge in [-0.05, 0) is 43.5 Å². The zero-order valence-corrected chi connectivity index (χ0v) is 10.5. The third-order valence-corrected chi connectivity index (χ3v) is 2.90. The van der Waals surface area contributed by atoms with Crippen LogP contribution in [-0.4, -0.2) is 6.54 Å². The molecule has 1 aromatic carbocycles. The normalized spacial score (nSPS) is 14.8. The van der Waals surface area contributed by atoms with E-state index >= 15 is 0 Å². The van der Waals surface area contributed by atoms with E-state index in [-0.39, 0.29) is 11.9 Å². The molecule has 2 heteroatoms. The highest BCUT2D eigenvalue weighted by molar-refractivity contribution is 5.19. The molecule has 1 rings (SSSR count). The lowest BCUT2D eigenvalue weighted by Crippen LogP contribution is -2.24. The molecule has 16 heavy (non-hydrogen) atoms. The molecule has 0 heterocycles. The summed E-state index contributed by atoms with van der Waals surface area (Å²) >= 11 is 0. The number of hydrogen-bond acceptors (Lipinski definition) is 1. The molecule has 0 aliphatic heterocycles. The average molecular weight is 223 g/mol. The predicted octanol–water partition coefficient (Wildman–Crippen LogP) is 3.91. The highest BCUT2D eigenvalue weighted by Crippen LogP contribution is 2.14. The quantitative estimate of drug-likeness (QED) is 0.771. The van der Waals surface area contributed by atoms with Crippen LogP contribution in [0.2, 0.25) is 0 Å². The first-order valence-corrected chi connectivity index (χ1v) is 6.12. The van der Waals surface area contributed by atoms with Gasteiger partial charge in [0, 0.05) is 6.04 Å². The zero-order valence-electron chi connectivity index (χ0n) is 10.5. The molecule has 1 unspecified atom stereocenters. The lowest BCUT2D eigenvalue weighted by molar-refractivity contribution is 0.443. The van der Waals surface area contributed by atoms with E-state index < -0.39 is 0 Å². The van der Waals surface area contributed by atoms with Gasteiger partial charge in [0.25, 0.3) is 0 Å². The van der Waals surface area contributed by atoms with Gasteiger partial charge >= 0.3 is 0 Å². The summed E-state index contributed by atoms with van der Waals surface area (Å²) in [5, 5.41) is 3.44. The summed E-state index contributed by atoms with van der Waals surface area (Å²) in [4.78, 5) is 0. The number of nitrogens with one attached hydrogen (secondary N) is 1. The minimum atomic E-state index is -0.159. The van der Waals surface area contributed by atoms with Crippen LogP contribution in [0, 0.1) is 11.7 Å². The van der Waals surface area contributed by atoms with E-state index in [1.807, 2.05) is 6.07 Å². The van der Waals surface area contributed by atoms with Crippen molar-refractivity contribution in [2.45, 2.75) is 39.7 Å². The Morgan fingerprint density at radius 1 is 1.31 bits per heavy atom. The van der Waals surface area contributed by atoms with E-state index in [1.165, 1.54) is 18.9 Å². The fourth-order valence-corrected chi connectivity index (χ4v) is 1.87. The van der Waals surface area contributed by atoms with Crippen LogP contribution in [0.1, 0.15) is 45.2 Å². The molecule has 0 bridgehead atoms. The van der Waals surface area contributed by atoms with E-state index in [1.54, 1.807) is 12.1 Å². The van der Waals surface area contributed by atoms with Crippen molar-refractivity contribution in [3.8, 4) is 0 Å². The van der Waals surface area contributed by atoms with Gasteiger partial charge in [-0.25, -0.2) is 4.39 Å². The SMILES string of the molecule is CCCC(C)CN[C@H](C)c1cccc(F)c1. The molecule has 1 N–H and O–H groups in total. The molecule has 0 aliphatic rings. The standard InChI is InChI=1S/C14H22FN/c1-4-6-11(2)10-16-12(3)13-7-5-8-14(15)9-13/h5,7-9,11-12,16H,4,6,10H2,1-3H3/t11?,12-/m1/s1. The third kappa shape index (κ3) is 4.31. The van der Waals surface area contributed by atoms with Crippen molar-refractivity contribution in [3.05, 3.63) is 35.6 Å². The first kappa shape index (κ1) is 13.2. The largest absolute Gasteiger partial charge is 0.310 e. The van der Waals surface area contributed by atoms with E-state index in [0.29, 0.717) is 5.92 Å². The molecule has 0 amide bonds. The predicted molar refractivity (Wildman–Crippen MR) is 66.9 cm³/mol. The topological polar surface area (TPSA) is 12.0 Å². The average Bonchev–Trinajstić information content (AvgIpc) is 2.26. The van der Waals surface area contributed by atoms with Gasteiger partial charge in [0.15, 0.2) is 0 Å². The first-order chi connectivity index (χ1) is 7.63. The highest BCUT2D eigenvalue weighted by atomic mass is 19.1. The molecule has 0 saturated carbocycles. The molecule has 90 valence electrons. The second-order valence-electron chi connectivity index (χ2n) is 4.58. The van der Waals surface area contributed by atoms with Gasteiger partial charge in [-0.3, -0.25) is 0 Å². The Morgan fingerprint density at radius 2 is 2.06 bits per heavy atom. The maximum Gasteiger partial charge on any atom is 0.123 e. The molecule has 0 aliphatic carbocycles. The van der Waals surface area contributed by atoms with Gasteiger partial charge < -0.3 is 5.32 Å². The molecule has 1 nitrogen and oxygen atoms in total. The van der Waals surface area contributed by atoms with Crippen molar-refractivity contribution >= 4 is 0 Å². The van der Waals surface area contributed by atoms with Crippen molar-refractivity contribution in [1.29, 1.82) is 0 Å². The van der Waals surface area contributed by atoms with Crippen molar-refractivity contribution in [2.75, 3.05) is 6.54 Å². The fraction of sp³-hybridized carbons (Fsp3) is 0.571. The molecule has 0 saturated heterocycles. The maximum absolute atomic E-state index is 13.0. The van der Waals surface area contributed by atoms with Crippen molar-refractivity contribution < 1.29 is 4.39 Å². The van der Waals surface area contributed by atoms with Crippen LogP contribution in [-0.2, 0) is 0 Å². The summed E-state index contributed by atoms with van der Waals surface area (Å²) in [6.45, 7) is 7.51. The van der Waals surface area contributed by atoms with Crippen LogP contribution in [0.4, 0.5) is 4.39 Å². The Balaban J connectivity index is 2.43. The Morgan fingerprint density at radius 3 is 2.69 bits per heavy atom. The minimum absolute atomic E-state index is 0.159. The molecule has 0 radical (unpaired) electrons. The van der Waals surface area contributed by atoms with Crippen molar-refractivity contribution in [3.63, 3.8) is 0 Å². The minimum Gasteiger partial charge on any atom is -0.310 e. The second kappa shape index (κ2) is 6.64. The highest BCUT2D eigenvalue weighted by Gasteiger charge is 2.07. The maximum atomic E-state index is 13.0. The van der Waals surface area contributed by atoms with Gasteiger partial charge in [0.05, 0.1) is 0 Å². The van der Waals surface area contributed by atoms with Gasteiger partial charge in [0.1, 0.15) is 5.82 Å². The van der Waals surface area contributed by atoms with Crippen LogP contribution in [0.3, 0.4) is 0 Å². The summed E-state index contributed by atoms with van der Waals surface area (Å²) < 4.78 is 13.0. The van der Waals surface area contributed by atoms with Crippen LogP contribution in [0.5, 0.6) is 0 Å². The van der Waals surface area contributed by atoms with Crippen LogP contribution in [0.15, 0.2) is 24.3 Å². The number of hydrogen-bond donors (Lipinski definition) is 1. The van der Waals surface area contributed by atoms with Gasteiger partial charge in [-0.15, -0.1) is 0 Å². The van der Waals surface area contributed by atoms with E-state index in [4.69, 9.17) is 0 Å².